The first-order valence-corrected chi connectivity index (χ1v) is 9.64. The zero-order chi connectivity index (χ0) is 19.4. The van der Waals surface area contributed by atoms with E-state index in [1.54, 1.807) is 11.0 Å². The van der Waals surface area contributed by atoms with E-state index < -0.39 is 0 Å². The summed E-state index contributed by atoms with van der Waals surface area (Å²) in [6, 6.07) is 17.7. The van der Waals surface area contributed by atoms with Crippen LogP contribution in [0.2, 0.25) is 0 Å². The molecule has 1 saturated heterocycles. The van der Waals surface area contributed by atoms with Crippen LogP contribution in [0, 0.1) is 0 Å². The smallest absolute Gasteiger partial charge is 0.251 e. The van der Waals surface area contributed by atoms with Crippen molar-refractivity contribution < 1.29 is 9.59 Å². The third-order valence-corrected chi connectivity index (χ3v) is 5.24. The summed E-state index contributed by atoms with van der Waals surface area (Å²) in [6.45, 7) is 7.16. The van der Waals surface area contributed by atoms with Gasteiger partial charge in [-0.1, -0.05) is 50.2 Å². The van der Waals surface area contributed by atoms with Crippen molar-refractivity contribution >= 4 is 17.5 Å². The third kappa shape index (κ3) is 4.57. The molecule has 3 rings (SSSR count). The van der Waals surface area contributed by atoms with Crippen molar-refractivity contribution in [2.45, 2.75) is 51.5 Å². The molecule has 2 amide bonds. The zero-order valence-corrected chi connectivity index (χ0v) is 16.4. The van der Waals surface area contributed by atoms with E-state index in [2.05, 4.69) is 31.3 Å². The van der Waals surface area contributed by atoms with Crippen LogP contribution in [0.4, 0.5) is 5.69 Å². The van der Waals surface area contributed by atoms with Gasteiger partial charge in [0, 0.05) is 30.3 Å². The number of benzene rings is 2. The lowest BCUT2D eigenvalue weighted by atomic mass is 9.79. The van der Waals surface area contributed by atoms with Crippen molar-refractivity contribution in [3.8, 4) is 0 Å². The van der Waals surface area contributed by atoms with Crippen molar-refractivity contribution in [2.75, 3.05) is 11.4 Å². The second-order valence-electron chi connectivity index (χ2n) is 8.03. The molecule has 1 aliphatic rings. The van der Waals surface area contributed by atoms with Gasteiger partial charge in [0.2, 0.25) is 5.91 Å². The molecule has 1 fully saturated rings. The molecule has 4 heteroatoms. The van der Waals surface area contributed by atoms with Crippen LogP contribution in [0.25, 0.3) is 0 Å². The number of anilines is 1. The summed E-state index contributed by atoms with van der Waals surface area (Å²) in [7, 11) is 0. The van der Waals surface area contributed by atoms with Gasteiger partial charge in [-0.05, 0) is 48.9 Å². The van der Waals surface area contributed by atoms with E-state index in [4.69, 9.17) is 0 Å². The Morgan fingerprint density at radius 2 is 1.89 bits per heavy atom. The monoisotopic (exact) mass is 364 g/mol. The van der Waals surface area contributed by atoms with Gasteiger partial charge in [-0.2, -0.15) is 0 Å². The highest BCUT2D eigenvalue weighted by Crippen LogP contribution is 2.28. The SMILES string of the molecule is C[C@H](CC(C)(C)c1ccccc1)NC(=O)c1cccc(N2CCCC2=O)c1. The lowest BCUT2D eigenvalue weighted by Gasteiger charge is -2.29. The number of carbonyl (C=O) groups excluding carboxylic acids is 2. The number of amides is 2. The summed E-state index contributed by atoms with van der Waals surface area (Å²) in [5.41, 5.74) is 2.64. The quantitative estimate of drug-likeness (QED) is 0.831. The minimum Gasteiger partial charge on any atom is -0.350 e. The van der Waals surface area contributed by atoms with Crippen LogP contribution in [0.1, 0.15) is 56.0 Å². The standard InChI is InChI=1S/C23H28N2O2/c1-17(16-23(2,3)19-10-5-4-6-11-19)24-22(27)18-9-7-12-20(15-18)25-14-8-13-21(25)26/h4-7,9-12,15,17H,8,13-14,16H2,1-3H3,(H,24,27)/t17-/m1/s1. The molecule has 0 radical (unpaired) electrons. The fourth-order valence-corrected chi connectivity index (χ4v) is 3.87. The predicted molar refractivity (Wildman–Crippen MR) is 109 cm³/mol. The molecule has 1 heterocycles. The number of carbonyl (C=O) groups is 2. The maximum Gasteiger partial charge on any atom is 0.251 e. The summed E-state index contributed by atoms with van der Waals surface area (Å²) in [6.07, 6.45) is 2.30. The Labute approximate surface area is 161 Å². The van der Waals surface area contributed by atoms with E-state index >= 15 is 0 Å². The molecule has 142 valence electrons. The number of rotatable bonds is 6. The van der Waals surface area contributed by atoms with Gasteiger partial charge in [0.05, 0.1) is 0 Å². The molecule has 1 atom stereocenters. The maximum atomic E-state index is 12.7. The first kappa shape index (κ1) is 19.2. The number of nitrogens with zero attached hydrogens (tertiary/aromatic N) is 1. The Morgan fingerprint density at radius 3 is 2.56 bits per heavy atom. The second kappa shape index (κ2) is 7.95. The van der Waals surface area contributed by atoms with Crippen LogP contribution in [0.3, 0.4) is 0 Å². The van der Waals surface area contributed by atoms with Crippen molar-refractivity contribution in [2.24, 2.45) is 0 Å². The van der Waals surface area contributed by atoms with E-state index in [9.17, 15) is 9.59 Å². The fourth-order valence-electron chi connectivity index (χ4n) is 3.87. The molecule has 2 aromatic rings. The van der Waals surface area contributed by atoms with Crippen LogP contribution in [0.5, 0.6) is 0 Å². The average molecular weight is 364 g/mol. The Hall–Kier alpha value is -2.62. The van der Waals surface area contributed by atoms with Gasteiger partial charge in [-0.25, -0.2) is 0 Å². The molecule has 27 heavy (non-hydrogen) atoms. The van der Waals surface area contributed by atoms with Crippen molar-refractivity contribution in [3.05, 3.63) is 65.7 Å². The van der Waals surface area contributed by atoms with Crippen LogP contribution in [0.15, 0.2) is 54.6 Å². The summed E-state index contributed by atoms with van der Waals surface area (Å²) in [5.74, 6) is 0.0328. The van der Waals surface area contributed by atoms with E-state index in [-0.39, 0.29) is 23.3 Å². The Kier molecular flexibility index (Phi) is 5.64. The highest BCUT2D eigenvalue weighted by Gasteiger charge is 2.25. The molecular formula is C23H28N2O2. The van der Waals surface area contributed by atoms with Gasteiger partial charge in [0.15, 0.2) is 0 Å². The predicted octanol–water partition coefficient (Wildman–Crippen LogP) is 4.30. The highest BCUT2D eigenvalue weighted by atomic mass is 16.2. The molecule has 0 aromatic heterocycles. The van der Waals surface area contributed by atoms with Crippen LogP contribution in [-0.2, 0) is 10.2 Å². The molecule has 0 unspecified atom stereocenters. The molecule has 1 aliphatic heterocycles. The molecule has 1 N–H and O–H groups in total. The van der Waals surface area contributed by atoms with Gasteiger partial charge < -0.3 is 10.2 Å². The molecule has 2 aromatic carbocycles. The average Bonchev–Trinajstić information content (AvgIpc) is 3.08. The minimum atomic E-state index is -0.0974. The zero-order valence-electron chi connectivity index (χ0n) is 16.4. The maximum absolute atomic E-state index is 12.7. The van der Waals surface area contributed by atoms with Gasteiger partial charge in [0.1, 0.15) is 0 Å². The molecule has 0 bridgehead atoms. The first-order chi connectivity index (χ1) is 12.9. The number of nitrogens with one attached hydrogen (secondary N) is 1. The molecule has 4 nitrogen and oxygen atoms in total. The summed E-state index contributed by atoms with van der Waals surface area (Å²) in [4.78, 5) is 26.4. The fraction of sp³-hybridized carbons (Fsp3) is 0.391. The molecule has 0 saturated carbocycles. The van der Waals surface area contributed by atoms with Gasteiger partial charge in [-0.15, -0.1) is 0 Å². The Balaban J connectivity index is 1.65. The highest BCUT2D eigenvalue weighted by molar-refractivity contribution is 5.99. The van der Waals surface area contributed by atoms with E-state index in [0.717, 1.165) is 25.1 Å². The lowest BCUT2D eigenvalue weighted by Crippen LogP contribution is -2.37. The number of hydrogen-bond acceptors (Lipinski definition) is 2. The summed E-state index contributed by atoms with van der Waals surface area (Å²) < 4.78 is 0. The minimum absolute atomic E-state index is 0.0300. The van der Waals surface area contributed by atoms with E-state index in [1.165, 1.54) is 5.56 Å². The van der Waals surface area contributed by atoms with Crippen molar-refractivity contribution in [1.82, 2.24) is 5.32 Å². The van der Waals surface area contributed by atoms with Crippen LogP contribution >= 0.6 is 0 Å². The Bertz CT molecular complexity index is 814. The molecular weight excluding hydrogens is 336 g/mol. The number of hydrogen-bond donors (Lipinski definition) is 1. The van der Waals surface area contributed by atoms with Gasteiger partial charge in [-0.3, -0.25) is 9.59 Å². The van der Waals surface area contributed by atoms with Gasteiger partial charge in [0.25, 0.3) is 5.91 Å². The van der Waals surface area contributed by atoms with Crippen LogP contribution < -0.4 is 10.2 Å². The van der Waals surface area contributed by atoms with Crippen molar-refractivity contribution in [3.63, 3.8) is 0 Å². The second-order valence-corrected chi connectivity index (χ2v) is 8.03. The largest absolute Gasteiger partial charge is 0.350 e. The van der Waals surface area contributed by atoms with Gasteiger partial charge >= 0.3 is 0 Å². The lowest BCUT2D eigenvalue weighted by molar-refractivity contribution is -0.117. The van der Waals surface area contributed by atoms with Crippen LogP contribution in [-0.4, -0.2) is 24.4 Å². The first-order valence-electron chi connectivity index (χ1n) is 9.64. The third-order valence-electron chi connectivity index (χ3n) is 5.24. The van der Waals surface area contributed by atoms with E-state index in [1.807, 2.05) is 43.3 Å². The Morgan fingerprint density at radius 1 is 1.15 bits per heavy atom. The molecule has 0 aliphatic carbocycles. The summed E-state index contributed by atoms with van der Waals surface area (Å²) in [5, 5.41) is 3.11. The molecule has 0 spiro atoms. The van der Waals surface area contributed by atoms with Crippen molar-refractivity contribution in [1.29, 1.82) is 0 Å². The van der Waals surface area contributed by atoms with E-state index in [0.29, 0.717) is 12.0 Å². The normalized spacial score (nSPS) is 15.7. The topological polar surface area (TPSA) is 49.4 Å². The summed E-state index contributed by atoms with van der Waals surface area (Å²) >= 11 is 0.